The lowest BCUT2D eigenvalue weighted by atomic mass is 9.95. The van der Waals surface area contributed by atoms with Gasteiger partial charge in [0, 0.05) is 17.8 Å². The normalized spacial score (nSPS) is 19.3. The zero-order valence-electron chi connectivity index (χ0n) is 14.3. The van der Waals surface area contributed by atoms with Gasteiger partial charge < -0.3 is 16.0 Å². The molecule has 1 amide bonds. The van der Waals surface area contributed by atoms with E-state index in [4.69, 9.17) is 5.73 Å². The molecular formula is C19H22ClN5O. The molecule has 1 saturated carbocycles. The van der Waals surface area contributed by atoms with Crippen molar-refractivity contribution in [1.82, 2.24) is 15.0 Å². The Bertz CT molecular complexity index is 895. The summed E-state index contributed by atoms with van der Waals surface area (Å²) < 4.78 is 0. The maximum absolute atomic E-state index is 12.5. The molecule has 0 bridgehead atoms. The second-order valence-electron chi connectivity index (χ2n) is 6.55. The van der Waals surface area contributed by atoms with Crippen molar-refractivity contribution in [3.63, 3.8) is 0 Å². The Morgan fingerprint density at radius 2 is 2.15 bits per heavy atom. The number of nitrogens with zero attached hydrogens (tertiary/aromatic N) is 2. The summed E-state index contributed by atoms with van der Waals surface area (Å²) in [6.45, 7) is 0.575. The predicted molar refractivity (Wildman–Crippen MR) is 105 cm³/mol. The maximum atomic E-state index is 12.5. The van der Waals surface area contributed by atoms with Gasteiger partial charge in [0.05, 0.1) is 11.0 Å². The van der Waals surface area contributed by atoms with Gasteiger partial charge in [-0.2, -0.15) is 0 Å². The molecule has 2 heterocycles. The van der Waals surface area contributed by atoms with Crippen LogP contribution in [-0.4, -0.2) is 27.4 Å². The molecule has 0 radical (unpaired) electrons. The van der Waals surface area contributed by atoms with Crippen LogP contribution < -0.4 is 11.1 Å². The standard InChI is InChI=1S/C19H21N5O.ClH/c20-11-12-4-3-5-14(12)19(25)22-13-7-8-15-17(10-13)24-18(23-15)16-6-1-2-9-21-16;/h1-2,6-10,12,14H,3-5,11,20H2,(H,22,25)(H,23,24);1H/t12-,14-;/m1./s1. The van der Waals surface area contributed by atoms with Gasteiger partial charge in [0.2, 0.25) is 5.91 Å². The monoisotopic (exact) mass is 371 g/mol. The number of aromatic amines is 1. The number of benzene rings is 1. The van der Waals surface area contributed by atoms with Crippen molar-refractivity contribution in [3.8, 4) is 11.5 Å². The Morgan fingerprint density at radius 3 is 2.92 bits per heavy atom. The van der Waals surface area contributed by atoms with Gasteiger partial charge >= 0.3 is 0 Å². The molecule has 2 atom stereocenters. The van der Waals surface area contributed by atoms with Crippen molar-refractivity contribution >= 4 is 35.0 Å². The number of rotatable bonds is 4. The number of anilines is 1. The van der Waals surface area contributed by atoms with Crippen LogP contribution in [0.1, 0.15) is 19.3 Å². The van der Waals surface area contributed by atoms with E-state index in [0.717, 1.165) is 47.5 Å². The largest absolute Gasteiger partial charge is 0.337 e. The third-order valence-electron chi connectivity index (χ3n) is 4.96. The zero-order chi connectivity index (χ0) is 17.2. The third kappa shape index (κ3) is 3.57. The first-order chi connectivity index (χ1) is 12.2. The fraction of sp³-hybridized carbons (Fsp3) is 0.316. The third-order valence-corrected chi connectivity index (χ3v) is 4.96. The highest BCUT2D eigenvalue weighted by Crippen LogP contribution is 2.32. The molecule has 0 saturated heterocycles. The molecule has 7 heteroatoms. The number of carbonyl (C=O) groups excluding carboxylic acids is 1. The summed E-state index contributed by atoms with van der Waals surface area (Å²) in [7, 11) is 0. The van der Waals surface area contributed by atoms with E-state index in [1.54, 1.807) is 6.20 Å². The molecule has 1 aliphatic rings. The Hall–Kier alpha value is -2.44. The van der Waals surface area contributed by atoms with Crippen molar-refractivity contribution < 1.29 is 4.79 Å². The fourth-order valence-corrected chi connectivity index (χ4v) is 3.61. The molecule has 0 spiro atoms. The highest BCUT2D eigenvalue weighted by molar-refractivity contribution is 5.95. The molecule has 4 rings (SSSR count). The number of imidazole rings is 1. The van der Waals surface area contributed by atoms with Gasteiger partial charge in [0.25, 0.3) is 0 Å². The van der Waals surface area contributed by atoms with Crippen LogP contribution >= 0.6 is 12.4 Å². The van der Waals surface area contributed by atoms with Crippen LogP contribution in [0.3, 0.4) is 0 Å². The first-order valence-electron chi connectivity index (χ1n) is 8.66. The number of pyridine rings is 1. The van der Waals surface area contributed by atoms with Gasteiger partial charge in [-0.1, -0.05) is 12.5 Å². The summed E-state index contributed by atoms with van der Waals surface area (Å²) in [5.41, 5.74) is 9.08. The van der Waals surface area contributed by atoms with E-state index < -0.39 is 0 Å². The topological polar surface area (TPSA) is 96.7 Å². The fourth-order valence-electron chi connectivity index (χ4n) is 3.61. The second-order valence-corrected chi connectivity index (χ2v) is 6.55. The first-order valence-corrected chi connectivity index (χ1v) is 8.66. The Kier molecular flexibility index (Phi) is 5.54. The second kappa shape index (κ2) is 7.85. The molecule has 3 aromatic rings. The van der Waals surface area contributed by atoms with E-state index in [1.807, 2.05) is 36.4 Å². The number of fused-ring (bicyclic) bond motifs is 1. The predicted octanol–water partition coefficient (Wildman–Crippen LogP) is 3.36. The number of H-pyrrole nitrogens is 1. The molecule has 0 aliphatic heterocycles. The molecule has 136 valence electrons. The first kappa shape index (κ1) is 18.4. The minimum Gasteiger partial charge on any atom is -0.337 e. The number of aromatic nitrogens is 3. The summed E-state index contributed by atoms with van der Waals surface area (Å²) in [6.07, 6.45) is 4.78. The number of nitrogens with one attached hydrogen (secondary N) is 2. The van der Waals surface area contributed by atoms with E-state index in [0.29, 0.717) is 12.5 Å². The van der Waals surface area contributed by atoms with Gasteiger partial charge in [-0.05, 0) is 55.6 Å². The summed E-state index contributed by atoms with van der Waals surface area (Å²) >= 11 is 0. The van der Waals surface area contributed by atoms with Gasteiger partial charge in [0.15, 0.2) is 5.82 Å². The Balaban J connectivity index is 0.00000196. The van der Waals surface area contributed by atoms with Gasteiger partial charge in [-0.3, -0.25) is 9.78 Å². The number of amides is 1. The summed E-state index contributed by atoms with van der Waals surface area (Å²) in [5.74, 6) is 1.10. The lowest BCUT2D eigenvalue weighted by molar-refractivity contribution is -0.120. The van der Waals surface area contributed by atoms with Crippen LogP contribution in [0.4, 0.5) is 5.69 Å². The van der Waals surface area contributed by atoms with Crippen LogP contribution in [0.25, 0.3) is 22.6 Å². The van der Waals surface area contributed by atoms with E-state index >= 15 is 0 Å². The summed E-state index contributed by atoms with van der Waals surface area (Å²) in [6, 6.07) is 11.4. The molecule has 0 unspecified atom stereocenters. The number of hydrogen-bond acceptors (Lipinski definition) is 4. The molecule has 1 aromatic carbocycles. The molecule has 1 fully saturated rings. The van der Waals surface area contributed by atoms with Crippen molar-refractivity contribution in [2.75, 3.05) is 11.9 Å². The van der Waals surface area contributed by atoms with Crippen molar-refractivity contribution in [2.45, 2.75) is 19.3 Å². The average Bonchev–Trinajstić information content (AvgIpc) is 3.28. The van der Waals surface area contributed by atoms with Crippen molar-refractivity contribution in [2.24, 2.45) is 17.6 Å². The minimum absolute atomic E-state index is 0. The molecule has 4 N–H and O–H groups in total. The smallest absolute Gasteiger partial charge is 0.227 e. The van der Waals surface area contributed by atoms with Gasteiger partial charge in [0.1, 0.15) is 5.69 Å². The highest BCUT2D eigenvalue weighted by atomic mass is 35.5. The SMILES string of the molecule is Cl.NC[C@H]1CCC[C@H]1C(=O)Nc1ccc2nc(-c3ccccn3)[nH]c2c1. The van der Waals surface area contributed by atoms with Gasteiger partial charge in [-0.15, -0.1) is 12.4 Å². The molecule has 26 heavy (non-hydrogen) atoms. The van der Waals surface area contributed by atoms with Gasteiger partial charge in [-0.25, -0.2) is 4.98 Å². The molecule has 6 nitrogen and oxygen atoms in total. The average molecular weight is 372 g/mol. The van der Waals surface area contributed by atoms with Crippen molar-refractivity contribution in [1.29, 1.82) is 0 Å². The van der Waals surface area contributed by atoms with Crippen LogP contribution in [-0.2, 0) is 4.79 Å². The summed E-state index contributed by atoms with van der Waals surface area (Å²) in [4.78, 5) is 24.7. The van der Waals surface area contributed by atoms with E-state index in [2.05, 4.69) is 20.3 Å². The van der Waals surface area contributed by atoms with Crippen LogP contribution in [0.5, 0.6) is 0 Å². The number of nitrogens with two attached hydrogens (primary N) is 1. The maximum Gasteiger partial charge on any atom is 0.227 e. The number of halogens is 1. The summed E-state index contributed by atoms with van der Waals surface area (Å²) in [5, 5.41) is 3.03. The van der Waals surface area contributed by atoms with E-state index in [1.165, 1.54) is 0 Å². The number of carbonyl (C=O) groups is 1. The van der Waals surface area contributed by atoms with Crippen LogP contribution in [0, 0.1) is 11.8 Å². The molecular weight excluding hydrogens is 350 g/mol. The van der Waals surface area contributed by atoms with Crippen molar-refractivity contribution in [3.05, 3.63) is 42.6 Å². The van der Waals surface area contributed by atoms with Crippen LogP contribution in [0.15, 0.2) is 42.6 Å². The molecule has 2 aromatic heterocycles. The van der Waals surface area contributed by atoms with Crippen LogP contribution in [0.2, 0.25) is 0 Å². The molecule has 1 aliphatic carbocycles. The lowest BCUT2D eigenvalue weighted by Gasteiger charge is -2.17. The minimum atomic E-state index is 0. The quantitative estimate of drug-likeness (QED) is 0.655. The zero-order valence-corrected chi connectivity index (χ0v) is 15.1. The Morgan fingerprint density at radius 1 is 1.27 bits per heavy atom. The van der Waals surface area contributed by atoms with E-state index in [-0.39, 0.29) is 24.2 Å². The Labute approximate surface area is 158 Å². The lowest BCUT2D eigenvalue weighted by Crippen LogP contribution is -2.29. The van der Waals surface area contributed by atoms with E-state index in [9.17, 15) is 4.79 Å². The highest BCUT2D eigenvalue weighted by Gasteiger charge is 2.31. The number of hydrogen-bond donors (Lipinski definition) is 3.